The molecule has 0 aliphatic rings. The molecular weight excluding hydrogens is 387 g/mol. The normalized spacial score (nSPS) is 10.4. The van der Waals surface area contributed by atoms with Crippen molar-refractivity contribution >= 4 is 40.7 Å². The van der Waals surface area contributed by atoms with Crippen molar-refractivity contribution in [2.75, 3.05) is 11.9 Å². The minimum absolute atomic E-state index is 0.211. The molecule has 0 spiro atoms. The number of halogens is 2. The van der Waals surface area contributed by atoms with Crippen molar-refractivity contribution in [3.63, 3.8) is 0 Å². The van der Waals surface area contributed by atoms with Crippen LogP contribution in [0, 0.1) is 0 Å². The summed E-state index contributed by atoms with van der Waals surface area (Å²) < 4.78 is 5.03. The number of nitrogens with one attached hydrogen (secondary N) is 2. The molecule has 0 saturated carbocycles. The third-order valence-corrected chi connectivity index (χ3v) is 4.72. The van der Waals surface area contributed by atoms with Gasteiger partial charge in [0.15, 0.2) is 5.76 Å². The molecule has 3 rings (SSSR count). The van der Waals surface area contributed by atoms with Crippen LogP contribution in [0.25, 0.3) is 0 Å². The summed E-state index contributed by atoms with van der Waals surface area (Å²) in [4.78, 5) is 24.2. The van der Waals surface area contributed by atoms with Crippen molar-refractivity contribution in [1.29, 1.82) is 0 Å². The molecule has 2 amide bonds. The van der Waals surface area contributed by atoms with Crippen LogP contribution in [0.5, 0.6) is 0 Å². The average molecular weight is 403 g/mol. The molecule has 27 heavy (non-hydrogen) atoms. The van der Waals surface area contributed by atoms with Gasteiger partial charge in [-0.2, -0.15) is 0 Å². The minimum Gasteiger partial charge on any atom is -0.459 e. The molecular formula is C20H16Cl2N2O3. The van der Waals surface area contributed by atoms with E-state index in [2.05, 4.69) is 10.6 Å². The number of amides is 2. The van der Waals surface area contributed by atoms with Gasteiger partial charge in [-0.25, -0.2) is 0 Å². The molecule has 138 valence electrons. The number of carbonyl (C=O) groups is 2. The monoisotopic (exact) mass is 402 g/mol. The molecule has 0 fully saturated rings. The molecule has 3 aromatic rings. The van der Waals surface area contributed by atoms with Gasteiger partial charge in [0.05, 0.1) is 16.3 Å². The summed E-state index contributed by atoms with van der Waals surface area (Å²) in [6.45, 7) is 0.426. The fourth-order valence-electron chi connectivity index (χ4n) is 2.46. The molecule has 0 aliphatic heterocycles. The molecule has 7 heteroatoms. The highest BCUT2D eigenvalue weighted by Crippen LogP contribution is 2.25. The largest absolute Gasteiger partial charge is 0.459 e. The Balaban J connectivity index is 1.53. The van der Waals surface area contributed by atoms with Gasteiger partial charge in [-0.3, -0.25) is 9.59 Å². The van der Waals surface area contributed by atoms with Gasteiger partial charge < -0.3 is 15.1 Å². The third-order valence-electron chi connectivity index (χ3n) is 3.86. The second-order valence-electron chi connectivity index (χ2n) is 5.73. The average Bonchev–Trinajstić information content (AvgIpc) is 3.20. The first-order valence-electron chi connectivity index (χ1n) is 8.20. The SMILES string of the molecule is O=C(NCCc1cccc(Cl)c1Cl)c1ccc(NC(=O)c2ccco2)cc1. The Kier molecular flexibility index (Phi) is 6.16. The van der Waals surface area contributed by atoms with Gasteiger partial charge in [-0.1, -0.05) is 35.3 Å². The Morgan fingerprint density at radius 3 is 2.41 bits per heavy atom. The maximum Gasteiger partial charge on any atom is 0.291 e. The van der Waals surface area contributed by atoms with E-state index < -0.39 is 0 Å². The Morgan fingerprint density at radius 2 is 1.70 bits per heavy atom. The van der Waals surface area contributed by atoms with E-state index >= 15 is 0 Å². The van der Waals surface area contributed by atoms with Crippen LogP contribution in [-0.2, 0) is 6.42 Å². The quantitative estimate of drug-likeness (QED) is 0.621. The molecule has 0 bridgehead atoms. The molecule has 5 nitrogen and oxygen atoms in total. The number of benzene rings is 2. The second kappa shape index (κ2) is 8.75. The summed E-state index contributed by atoms with van der Waals surface area (Å²) in [5.41, 5.74) is 1.93. The first-order chi connectivity index (χ1) is 13.0. The van der Waals surface area contributed by atoms with Crippen molar-refractivity contribution < 1.29 is 14.0 Å². The van der Waals surface area contributed by atoms with E-state index in [1.165, 1.54) is 6.26 Å². The van der Waals surface area contributed by atoms with Crippen LogP contribution in [0.1, 0.15) is 26.5 Å². The number of carbonyl (C=O) groups excluding carboxylic acids is 2. The molecule has 0 radical (unpaired) electrons. The van der Waals surface area contributed by atoms with Crippen LogP contribution >= 0.6 is 23.2 Å². The Hall–Kier alpha value is -2.76. The van der Waals surface area contributed by atoms with Crippen LogP contribution < -0.4 is 10.6 Å². The van der Waals surface area contributed by atoms with Gasteiger partial charge in [0, 0.05) is 17.8 Å². The van der Waals surface area contributed by atoms with Crippen molar-refractivity contribution in [2.24, 2.45) is 0 Å². The van der Waals surface area contributed by atoms with Crippen LogP contribution in [0.4, 0.5) is 5.69 Å². The van der Waals surface area contributed by atoms with E-state index in [-0.39, 0.29) is 17.6 Å². The Bertz CT molecular complexity index is 938. The van der Waals surface area contributed by atoms with Crippen LogP contribution in [-0.4, -0.2) is 18.4 Å². The molecule has 0 unspecified atom stereocenters. The summed E-state index contributed by atoms with van der Waals surface area (Å²) in [5.74, 6) is -0.343. The number of rotatable bonds is 6. The lowest BCUT2D eigenvalue weighted by Crippen LogP contribution is -2.25. The predicted molar refractivity (Wildman–Crippen MR) is 106 cm³/mol. The van der Waals surface area contributed by atoms with Gasteiger partial charge in [0.2, 0.25) is 0 Å². The lowest BCUT2D eigenvalue weighted by Gasteiger charge is -2.08. The summed E-state index contributed by atoms with van der Waals surface area (Å²) in [6, 6.07) is 15.2. The number of hydrogen-bond donors (Lipinski definition) is 2. The number of hydrogen-bond acceptors (Lipinski definition) is 3. The smallest absolute Gasteiger partial charge is 0.291 e. The molecule has 2 N–H and O–H groups in total. The van der Waals surface area contributed by atoms with Crippen LogP contribution in [0.3, 0.4) is 0 Å². The van der Waals surface area contributed by atoms with Crippen molar-refractivity contribution in [2.45, 2.75) is 6.42 Å². The lowest BCUT2D eigenvalue weighted by molar-refractivity contribution is 0.0953. The Morgan fingerprint density at radius 1 is 0.926 bits per heavy atom. The van der Waals surface area contributed by atoms with E-state index in [1.807, 2.05) is 12.1 Å². The second-order valence-corrected chi connectivity index (χ2v) is 6.51. The highest BCUT2D eigenvalue weighted by molar-refractivity contribution is 6.42. The summed E-state index contributed by atoms with van der Waals surface area (Å²) in [5, 5.41) is 6.53. The van der Waals surface area contributed by atoms with Gasteiger partial charge in [-0.15, -0.1) is 0 Å². The zero-order valence-corrected chi connectivity index (χ0v) is 15.7. The summed E-state index contributed by atoms with van der Waals surface area (Å²) in [7, 11) is 0. The molecule has 0 aliphatic carbocycles. The van der Waals surface area contributed by atoms with Gasteiger partial charge in [-0.05, 0) is 54.4 Å². The molecule has 0 saturated heterocycles. The highest BCUT2D eigenvalue weighted by atomic mass is 35.5. The van der Waals surface area contributed by atoms with E-state index in [0.717, 1.165) is 5.56 Å². The molecule has 0 atom stereocenters. The van der Waals surface area contributed by atoms with Crippen molar-refractivity contribution in [3.05, 3.63) is 87.8 Å². The summed E-state index contributed by atoms with van der Waals surface area (Å²) in [6.07, 6.45) is 2.00. The van der Waals surface area contributed by atoms with E-state index in [4.69, 9.17) is 27.6 Å². The predicted octanol–water partition coefficient (Wildman–Crippen LogP) is 4.81. The topological polar surface area (TPSA) is 71.3 Å². The van der Waals surface area contributed by atoms with Crippen molar-refractivity contribution in [1.82, 2.24) is 5.32 Å². The third kappa shape index (κ3) is 4.90. The lowest BCUT2D eigenvalue weighted by atomic mass is 10.1. The first-order valence-corrected chi connectivity index (χ1v) is 8.96. The Labute approximate surface area is 166 Å². The van der Waals surface area contributed by atoms with E-state index in [9.17, 15) is 9.59 Å². The van der Waals surface area contributed by atoms with E-state index in [0.29, 0.717) is 34.3 Å². The van der Waals surface area contributed by atoms with Crippen LogP contribution in [0.15, 0.2) is 65.3 Å². The maximum atomic E-state index is 12.2. The first kappa shape index (κ1) is 19.0. The maximum absolute atomic E-state index is 12.2. The van der Waals surface area contributed by atoms with Gasteiger partial charge in [0.1, 0.15) is 0 Å². The zero-order chi connectivity index (χ0) is 19.2. The molecule has 1 heterocycles. The van der Waals surface area contributed by atoms with Crippen LogP contribution in [0.2, 0.25) is 10.0 Å². The fraction of sp³-hybridized carbons (Fsp3) is 0.100. The van der Waals surface area contributed by atoms with Gasteiger partial charge >= 0.3 is 0 Å². The van der Waals surface area contributed by atoms with Gasteiger partial charge in [0.25, 0.3) is 11.8 Å². The standard InChI is InChI=1S/C20H16Cl2N2O3/c21-16-4-1-3-13(18(16)22)10-11-23-19(25)14-6-8-15(9-7-14)24-20(26)17-5-2-12-27-17/h1-9,12H,10-11H2,(H,23,25)(H,24,26). The highest BCUT2D eigenvalue weighted by Gasteiger charge is 2.10. The molecule has 2 aromatic carbocycles. The molecule has 1 aromatic heterocycles. The minimum atomic E-state index is -0.351. The number of anilines is 1. The summed E-state index contributed by atoms with van der Waals surface area (Å²) >= 11 is 12.1. The fourth-order valence-corrected chi connectivity index (χ4v) is 2.87. The number of furan rings is 1. The van der Waals surface area contributed by atoms with E-state index in [1.54, 1.807) is 42.5 Å². The van der Waals surface area contributed by atoms with Crippen molar-refractivity contribution in [3.8, 4) is 0 Å². The zero-order valence-electron chi connectivity index (χ0n) is 14.2.